The van der Waals surface area contributed by atoms with E-state index in [1.807, 2.05) is 20.8 Å². The molecule has 0 saturated heterocycles. The molecule has 0 spiro atoms. The number of hydrogen-bond acceptors (Lipinski definition) is 7. The van der Waals surface area contributed by atoms with Crippen molar-refractivity contribution >= 4 is 17.3 Å². The number of anilines is 1. The van der Waals surface area contributed by atoms with Crippen molar-refractivity contribution in [2.45, 2.75) is 26.2 Å². The zero-order valence-corrected chi connectivity index (χ0v) is 14.9. The number of rotatable bonds is 4. The highest BCUT2D eigenvalue weighted by Crippen LogP contribution is 2.24. The Balaban J connectivity index is 1.85. The molecule has 0 atom stereocenters. The third-order valence-electron chi connectivity index (χ3n) is 3.68. The maximum absolute atomic E-state index is 12.4. The van der Waals surface area contributed by atoms with E-state index < -0.39 is 10.8 Å². The summed E-state index contributed by atoms with van der Waals surface area (Å²) < 4.78 is 1.26. The van der Waals surface area contributed by atoms with Gasteiger partial charge in [0.05, 0.1) is 23.0 Å². The average Bonchev–Trinajstić information content (AvgIpc) is 3.15. The molecule has 0 bridgehead atoms. The molecule has 1 aromatic carbocycles. The van der Waals surface area contributed by atoms with Gasteiger partial charge in [0.15, 0.2) is 0 Å². The third-order valence-corrected chi connectivity index (χ3v) is 3.68. The fourth-order valence-electron chi connectivity index (χ4n) is 2.32. The summed E-state index contributed by atoms with van der Waals surface area (Å²) in [6.07, 6.45) is 5.62. The predicted molar refractivity (Wildman–Crippen MR) is 96.7 cm³/mol. The van der Waals surface area contributed by atoms with Crippen LogP contribution in [0.2, 0.25) is 0 Å². The number of nitro groups is 1. The number of nitrogens with one attached hydrogen (secondary N) is 1. The second kappa shape index (κ2) is 6.90. The number of aromatic nitrogens is 5. The third kappa shape index (κ3) is 3.94. The second-order valence-corrected chi connectivity index (χ2v) is 6.80. The molecule has 2 aromatic heterocycles. The molecule has 3 aromatic rings. The molecular weight excluding hydrogens is 350 g/mol. The van der Waals surface area contributed by atoms with Gasteiger partial charge in [-0.25, -0.2) is 19.6 Å². The Kier molecular flexibility index (Phi) is 4.63. The Bertz CT molecular complexity index is 977. The van der Waals surface area contributed by atoms with Crippen LogP contribution in [0.3, 0.4) is 0 Å². The zero-order valence-electron chi connectivity index (χ0n) is 14.9. The second-order valence-electron chi connectivity index (χ2n) is 6.80. The molecule has 0 saturated carbocycles. The van der Waals surface area contributed by atoms with Gasteiger partial charge in [-0.2, -0.15) is 5.10 Å². The van der Waals surface area contributed by atoms with E-state index in [1.165, 1.54) is 47.9 Å². The lowest BCUT2D eigenvalue weighted by molar-refractivity contribution is -0.384. The van der Waals surface area contributed by atoms with Crippen molar-refractivity contribution in [2.24, 2.45) is 0 Å². The Labute approximate surface area is 154 Å². The summed E-state index contributed by atoms with van der Waals surface area (Å²) in [6.45, 7) is 5.95. The van der Waals surface area contributed by atoms with Gasteiger partial charge in [-0.05, 0) is 12.1 Å². The summed E-state index contributed by atoms with van der Waals surface area (Å²) in [5.41, 5.74) is 0.279. The van der Waals surface area contributed by atoms with E-state index in [0.717, 1.165) is 0 Å². The molecule has 138 valence electrons. The van der Waals surface area contributed by atoms with E-state index in [9.17, 15) is 14.9 Å². The summed E-state index contributed by atoms with van der Waals surface area (Å²) in [5, 5.41) is 17.9. The number of nitro benzene ring substituents is 1. The Morgan fingerprint density at radius 2 is 1.93 bits per heavy atom. The summed E-state index contributed by atoms with van der Waals surface area (Å²) in [5.74, 6) is 0.142. The van der Waals surface area contributed by atoms with Gasteiger partial charge < -0.3 is 5.32 Å². The van der Waals surface area contributed by atoms with Crippen LogP contribution in [0.25, 0.3) is 5.69 Å². The van der Waals surface area contributed by atoms with Gasteiger partial charge in [0.25, 0.3) is 11.6 Å². The smallest absolute Gasteiger partial charge is 0.295 e. The molecular formula is C17H17N7O3. The number of carbonyl (C=O) groups excluding carboxylic acids is 1. The molecule has 0 aliphatic heterocycles. The van der Waals surface area contributed by atoms with Crippen molar-refractivity contribution in [3.05, 3.63) is 64.7 Å². The molecule has 3 rings (SSSR count). The highest BCUT2D eigenvalue weighted by molar-refractivity contribution is 6.04. The first kappa shape index (κ1) is 18.1. The molecule has 10 heteroatoms. The zero-order chi connectivity index (χ0) is 19.6. The van der Waals surface area contributed by atoms with Crippen LogP contribution in [0, 0.1) is 10.1 Å². The van der Waals surface area contributed by atoms with Crippen LogP contribution in [-0.2, 0) is 5.41 Å². The molecule has 0 unspecified atom stereocenters. The lowest BCUT2D eigenvalue weighted by Crippen LogP contribution is -2.17. The van der Waals surface area contributed by atoms with Crippen LogP contribution in [0.1, 0.15) is 37.0 Å². The van der Waals surface area contributed by atoms with Crippen LogP contribution in [0.5, 0.6) is 0 Å². The summed E-state index contributed by atoms with van der Waals surface area (Å²) in [4.78, 5) is 35.5. The first-order valence-electron chi connectivity index (χ1n) is 8.03. The molecule has 0 radical (unpaired) electrons. The molecule has 1 amide bonds. The van der Waals surface area contributed by atoms with Crippen molar-refractivity contribution in [1.29, 1.82) is 0 Å². The minimum absolute atomic E-state index is 0.130. The predicted octanol–water partition coefficient (Wildman–Crippen LogP) is 2.52. The van der Waals surface area contributed by atoms with E-state index in [0.29, 0.717) is 11.5 Å². The van der Waals surface area contributed by atoms with E-state index in [-0.39, 0.29) is 22.4 Å². The summed E-state index contributed by atoms with van der Waals surface area (Å²) in [7, 11) is 0. The first-order valence-corrected chi connectivity index (χ1v) is 8.03. The van der Waals surface area contributed by atoms with Crippen LogP contribution in [-0.4, -0.2) is 35.6 Å². The van der Waals surface area contributed by atoms with Gasteiger partial charge in [0, 0.05) is 17.0 Å². The van der Waals surface area contributed by atoms with Gasteiger partial charge in [0.2, 0.25) is 0 Å². The number of carbonyl (C=O) groups is 1. The Morgan fingerprint density at radius 3 is 2.48 bits per heavy atom. The maximum atomic E-state index is 12.4. The van der Waals surface area contributed by atoms with E-state index >= 15 is 0 Å². The Morgan fingerprint density at radius 1 is 1.22 bits per heavy atom. The summed E-state index contributed by atoms with van der Waals surface area (Å²) >= 11 is 0. The normalized spacial score (nSPS) is 11.2. The van der Waals surface area contributed by atoms with Gasteiger partial charge >= 0.3 is 0 Å². The molecule has 0 aliphatic rings. The van der Waals surface area contributed by atoms with Gasteiger partial charge in [0.1, 0.15) is 24.2 Å². The molecule has 10 nitrogen and oxygen atoms in total. The molecule has 27 heavy (non-hydrogen) atoms. The fourth-order valence-corrected chi connectivity index (χ4v) is 2.32. The van der Waals surface area contributed by atoms with Crippen LogP contribution < -0.4 is 5.32 Å². The van der Waals surface area contributed by atoms with E-state index in [2.05, 4.69) is 25.4 Å². The SMILES string of the molecule is CC(C)(C)c1ncc(NC(=O)c2ccc(-n3cncn3)c([N+](=O)[O-])c2)cn1. The Hall–Kier alpha value is -3.69. The standard InChI is InChI=1S/C17H17N7O3/c1-17(2,3)16-19-7-12(8-20-16)22-15(25)11-4-5-13(14(6-11)24(26)27)23-10-18-9-21-23/h4-10H,1-3H3,(H,22,25). The van der Waals surface area contributed by atoms with Crippen molar-refractivity contribution in [1.82, 2.24) is 24.7 Å². The number of amides is 1. The highest BCUT2D eigenvalue weighted by Gasteiger charge is 2.20. The minimum atomic E-state index is -0.574. The van der Waals surface area contributed by atoms with Gasteiger partial charge in [-0.15, -0.1) is 0 Å². The summed E-state index contributed by atoms with van der Waals surface area (Å²) in [6, 6.07) is 4.11. The lowest BCUT2D eigenvalue weighted by Gasteiger charge is -2.16. The van der Waals surface area contributed by atoms with E-state index in [1.54, 1.807) is 0 Å². The van der Waals surface area contributed by atoms with Crippen LogP contribution in [0.15, 0.2) is 43.2 Å². The number of hydrogen-bond donors (Lipinski definition) is 1. The average molecular weight is 367 g/mol. The largest absolute Gasteiger partial charge is 0.319 e. The van der Waals surface area contributed by atoms with Crippen LogP contribution >= 0.6 is 0 Å². The quantitative estimate of drug-likeness (QED) is 0.554. The molecule has 1 N–H and O–H groups in total. The number of benzene rings is 1. The van der Waals surface area contributed by atoms with Crippen molar-refractivity contribution in [3.63, 3.8) is 0 Å². The molecule has 0 fully saturated rings. The highest BCUT2D eigenvalue weighted by atomic mass is 16.6. The number of nitrogens with zero attached hydrogens (tertiary/aromatic N) is 6. The van der Waals surface area contributed by atoms with Crippen molar-refractivity contribution in [2.75, 3.05) is 5.32 Å². The van der Waals surface area contributed by atoms with Gasteiger partial charge in [-0.3, -0.25) is 14.9 Å². The first-order chi connectivity index (χ1) is 12.8. The van der Waals surface area contributed by atoms with Crippen LogP contribution in [0.4, 0.5) is 11.4 Å². The maximum Gasteiger partial charge on any atom is 0.295 e. The fraction of sp³-hybridized carbons (Fsp3) is 0.235. The molecule has 2 heterocycles. The van der Waals surface area contributed by atoms with Crippen molar-refractivity contribution in [3.8, 4) is 5.69 Å². The topological polar surface area (TPSA) is 129 Å². The molecule has 0 aliphatic carbocycles. The monoisotopic (exact) mass is 367 g/mol. The minimum Gasteiger partial charge on any atom is -0.319 e. The van der Waals surface area contributed by atoms with Crippen molar-refractivity contribution < 1.29 is 9.72 Å². The van der Waals surface area contributed by atoms with E-state index in [4.69, 9.17) is 0 Å². The lowest BCUT2D eigenvalue weighted by atomic mass is 9.96. The van der Waals surface area contributed by atoms with Gasteiger partial charge in [-0.1, -0.05) is 20.8 Å².